The lowest BCUT2D eigenvalue weighted by atomic mass is 9.80. The molecule has 4 heteroatoms. The standard InChI is InChI=1S/C13H17NO2S/c15-12(16)13(7-3-5-11(13)17)8-6-10-4-1-2-9-14-10/h1-2,4,9,11,17H,3,5-8H2,(H,15,16). The zero-order valence-corrected chi connectivity index (χ0v) is 10.6. The van der Waals surface area contributed by atoms with E-state index in [1.54, 1.807) is 6.20 Å². The SMILES string of the molecule is O=C(O)C1(CCc2ccccn2)CCCC1S. The van der Waals surface area contributed by atoms with Gasteiger partial charge in [-0.05, 0) is 37.8 Å². The Hall–Kier alpha value is -1.03. The van der Waals surface area contributed by atoms with E-state index in [0.29, 0.717) is 12.8 Å². The van der Waals surface area contributed by atoms with Crippen LogP contribution < -0.4 is 0 Å². The third kappa shape index (κ3) is 2.46. The maximum atomic E-state index is 11.5. The molecule has 0 amide bonds. The van der Waals surface area contributed by atoms with Gasteiger partial charge < -0.3 is 5.11 Å². The Labute approximate surface area is 107 Å². The molecular weight excluding hydrogens is 234 g/mol. The molecule has 1 N–H and O–H groups in total. The number of carboxylic acid groups (broad SMARTS) is 1. The monoisotopic (exact) mass is 251 g/mol. The topological polar surface area (TPSA) is 50.2 Å². The summed E-state index contributed by atoms with van der Waals surface area (Å²) in [5.41, 5.74) is 0.307. The van der Waals surface area contributed by atoms with Crippen LogP contribution in [0.4, 0.5) is 0 Å². The Balaban J connectivity index is 2.07. The molecule has 1 aliphatic rings. The molecular formula is C13H17NO2S. The molecule has 3 nitrogen and oxygen atoms in total. The maximum absolute atomic E-state index is 11.5. The maximum Gasteiger partial charge on any atom is 0.310 e. The zero-order chi connectivity index (χ0) is 12.3. The Bertz CT molecular complexity index is 396. The Morgan fingerprint density at radius 3 is 2.94 bits per heavy atom. The van der Waals surface area contributed by atoms with Crippen LogP contribution in [0.1, 0.15) is 31.4 Å². The van der Waals surface area contributed by atoms with Crippen LogP contribution in [0, 0.1) is 5.41 Å². The fraction of sp³-hybridized carbons (Fsp3) is 0.538. The molecule has 1 aromatic rings. The van der Waals surface area contributed by atoms with E-state index in [-0.39, 0.29) is 5.25 Å². The molecule has 0 bridgehead atoms. The molecule has 0 aromatic carbocycles. The number of aryl methyl sites for hydroxylation is 1. The highest BCUT2D eigenvalue weighted by Gasteiger charge is 2.47. The summed E-state index contributed by atoms with van der Waals surface area (Å²) in [6, 6.07) is 5.74. The smallest absolute Gasteiger partial charge is 0.310 e. The number of pyridine rings is 1. The Kier molecular flexibility index (Phi) is 3.72. The third-order valence-corrected chi connectivity index (χ3v) is 4.47. The fourth-order valence-electron chi connectivity index (χ4n) is 2.60. The van der Waals surface area contributed by atoms with Crippen molar-refractivity contribution in [3.63, 3.8) is 0 Å². The van der Waals surface area contributed by atoms with E-state index in [2.05, 4.69) is 17.6 Å². The second-order valence-electron chi connectivity index (χ2n) is 4.69. The first kappa shape index (κ1) is 12.4. The number of aliphatic carboxylic acids is 1. The van der Waals surface area contributed by atoms with Gasteiger partial charge in [0.15, 0.2) is 0 Å². The van der Waals surface area contributed by atoms with Crippen LogP contribution >= 0.6 is 12.6 Å². The lowest BCUT2D eigenvalue weighted by Gasteiger charge is -2.28. The van der Waals surface area contributed by atoms with Gasteiger partial charge >= 0.3 is 5.97 Å². The van der Waals surface area contributed by atoms with Crippen molar-refractivity contribution >= 4 is 18.6 Å². The van der Waals surface area contributed by atoms with Gasteiger partial charge in [-0.1, -0.05) is 12.5 Å². The van der Waals surface area contributed by atoms with Gasteiger partial charge in [-0.3, -0.25) is 9.78 Å². The molecule has 0 radical (unpaired) electrons. The molecule has 0 spiro atoms. The molecule has 92 valence electrons. The number of carbonyl (C=O) groups is 1. The highest BCUT2D eigenvalue weighted by Crippen LogP contribution is 2.45. The zero-order valence-electron chi connectivity index (χ0n) is 9.67. The van der Waals surface area contributed by atoms with Gasteiger partial charge in [0.1, 0.15) is 0 Å². The second kappa shape index (κ2) is 5.08. The third-order valence-electron chi connectivity index (χ3n) is 3.72. The van der Waals surface area contributed by atoms with Crippen molar-refractivity contribution in [2.24, 2.45) is 5.41 Å². The van der Waals surface area contributed by atoms with Crippen LogP contribution in [0.15, 0.2) is 24.4 Å². The summed E-state index contributed by atoms with van der Waals surface area (Å²) in [7, 11) is 0. The van der Waals surface area contributed by atoms with E-state index in [4.69, 9.17) is 0 Å². The first-order chi connectivity index (χ1) is 8.15. The summed E-state index contributed by atoms with van der Waals surface area (Å²) in [5.74, 6) is -0.703. The number of hydrogen-bond acceptors (Lipinski definition) is 3. The van der Waals surface area contributed by atoms with Gasteiger partial charge in [-0.15, -0.1) is 0 Å². The fourth-order valence-corrected chi connectivity index (χ4v) is 3.15. The number of aromatic nitrogens is 1. The number of rotatable bonds is 4. The van der Waals surface area contributed by atoms with E-state index in [9.17, 15) is 9.90 Å². The van der Waals surface area contributed by atoms with Gasteiger partial charge in [0.05, 0.1) is 5.41 Å². The predicted molar refractivity (Wildman–Crippen MR) is 69.3 cm³/mol. The summed E-state index contributed by atoms with van der Waals surface area (Å²) in [4.78, 5) is 15.7. The second-order valence-corrected chi connectivity index (χ2v) is 5.31. The highest BCUT2D eigenvalue weighted by molar-refractivity contribution is 7.81. The summed E-state index contributed by atoms with van der Waals surface area (Å²) >= 11 is 4.46. The van der Waals surface area contributed by atoms with E-state index >= 15 is 0 Å². The van der Waals surface area contributed by atoms with Crippen LogP contribution in [-0.2, 0) is 11.2 Å². The number of hydrogen-bond donors (Lipinski definition) is 2. The van der Waals surface area contributed by atoms with Gasteiger partial charge in [-0.25, -0.2) is 0 Å². The van der Waals surface area contributed by atoms with Gasteiger partial charge in [0.25, 0.3) is 0 Å². The molecule has 1 saturated carbocycles. The highest BCUT2D eigenvalue weighted by atomic mass is 32.1. The molecule has 2 atom stereocenters. The van der Waals surface area contributed by atoms with E-state index in [1.165, 1.54) is 0 Å². The number of carboxylic acids is 1. The minimum absolute atomic E-state index is 0.0243. The minimum atomic E-state index is -0.703. The van der Waals surface area contributed by atoms with E-state index in [1.807, 2.05) is 18.2 Å². The largest absolute Gasteiger partial charge is 0.481 e. The summed E-state index contributed by atoms with van der Waals surface area (Å²) in [6.45, 7) is 0. The van der Waals surface area contributed by atoms with Crippen molar-refractivity contribution in [2.45, 2.75) is 37.4 Å². The van der Waals surface area contributed by atoms with Gasteiger partial charge in [0, 0.05) is 17.1 Å². The molecule has 2 rings (SSSR count). The molecule has 1 aromatic heterocycles. The van der Waals surface area contributed by atoms with Crippen molar-refractivity contribution in [2.75, 3.05) is 0 Å². The molecule has 0 saturated heterocycles. The van der Waals surface area contributed by atoms with Crippen molar-refractivity contribution in [1.29, 1.82) is 0 Å². The van der Waals surface area contributed by atoms with E-state index in [0.717, 1.165) is 25.0 Å². The molecule has 1 aliphatic carbocycles. The molecule has 1 fully saturated rings. The van der Waals surface area contributed by atoms with Crippen LogP contribution in [0.5, 0.6) is 0 Å². The van der Waals surface area contributed by atoms with Crippen LogP contribution in [0.25, 0.3) is 0 Å². The Morgan fingerprint density at radius 1 is 1.59 bits per heavy atom. The molecule has 2 unspecified atom stereocenters. The van der Waals surface area contributed by atoms with Gasteiger partial charge in [0.2, 0.25) is 0 Å². The van der Waals surface area contributed by atoms with E-state index < -0.39 is 11.4 Å². The summed E-state index contributed by atoms with van der Waals surface area (Å²) in [6.07, 6.45) is 5.69. The van der Waals surface area contributed by atoms with Crippen molar-refractivity contribution in [3.05, 3.63) is 30.1 Å². The quantitative estimate of drug-likeness (QED) is 0.809. The first-order valence-corrected chi connectivity index (χ1v) is 6.48. The van der Waals surface area contributed by atoms with Gasteiger partial charge in [-0.2, -0.15) is 12.6 Å². The molecule has 0 aliphatic heterocycles. The first-order valence-electron chi connectivity index (χ1n) is 5.96. The summed E-state index contributed by atoms with van der Waals surface area (Å²) in [5, 5.41) is 9.42. The molecule has 1 heterocycles. The Morgan fingerprint density at radius 2 is 2.41 bits per heavy atom. The van der Waals surface area contributed by atoms with Crippen molar-refractivity contribution in [3.8, 4) is 0 Å². The average Bonchev–Trinajstić information content (AvgIpc) is 2.71. The number of thiol groups is 1. The normalized spacial score (nSPS) is 28.2. The lowest BCUT2D eigenvalue weighted by Crippen LogP contribution is -2.36. The molecule has 17 heavy (non-hydrogen) atoms. The minimum Gasteiger partial charge on any atom is -0.481 e. The lowest BCUT2D eigenvalue weighted by molar-refractivity contribution is -0.148. The number of nitrogens with zero attached hydrogens (tertiary/aromatic N) is 1. The van der Waals surface area contributed by atoms with Crippen LogP contribution in [0.2, 0.25) is 0 Å². The summed E-state index contributed by atoms with van der Waals surface area (Å²) < 4.78 is 0. The van der Waals surface area contributed by atoms with Crippen molar-refractivity contribution in [1.82, 2.24) is 4.98 Å². The van der Waals surface area contributed by atoms with Crippen LogP contribution in [0.3, 0.4) is 0 Å². The van der Waals surface area contributed by atoms with Crippen molar-refractivity contribution < 1.29 is 9.90 Å². The predicted octanol–water partition coefficient (Wildman–Crippen LogP) is 2.57. The van der Waals surface area contributed by atoms with Crippen LogP contribution in [-0.4, -0.2) is 21.3 Å². The average molecular weight is 251 g/mol.